The smallest absolute Gasteiger partial charge is 0.255 e. The van der Waals surface area contributed by atoms with Gasteiger partial charge in [0.2, 0.25) is 0 Å². The van der Waals surface area contributed by atoms with E-state index in [1.54, 1.807) is 18.0 Å². The van der Waals surface area contributed by atoms with Crippen LogP contribution in [0, 0.1) is 0 Å². The molecule has 0 spiro atoms. The number of nitrogens with zero attached hydrogens (tertiary/aromatic N) is 2. The van der Waals surface area contributed by atoms with E-state index in [4.69, 9.17) is 4.74 Å². The van der Waals surface area contributed by atoms with Crippen molar-refractivity contribution in [1.82, 2.24) is 15.2 Å². The van der Waals surface area contributed by atoms with Gasteiger partial charge in [0.15, 0.2) is 0 Å². The fraction of sp³-hybridized carbons (Fsp3) is 0.350. The highest BCUT2D eigenvalue weighted by Gasteiger charge is 2.18. The van der Waals surface area contributed by atoms with E-state index in [-0.39, 0.29) is 17.9 Å². The zero-order chi connectivity index (χ0) is 18.4. The summed E-state index contributed by atoms with van der Waals surface area (Å²) in [5.74, 6) is -0.413. The van der Waals surface area contributed by atoms with Crippen molar-refractivity contribution >= 4 is 11.8 Å². The van der Waals surface area contributed by atoms with Crippen LogP contribution in [0.3, 0.4) is 0 Å². The van der Waals surface area contributed by atoms with Gasteiger partial charge in [0, 0.05) is 39.1 Å². The first-order chi connectivity index (χ1) is 12.6. The summed E-state index contributed by atoms with van der Waals surface area (Å²) in [5.41, 5.74) is 1.82. The highest BCUT2D eigenvalue weighted by molar-refractivity contribution is 5.99. The molecule has 136 valence electrons. The van der Waals surface area contributed by atoms with Crippen LogP contribution in [-0.2, 0) is 11.3 Å². The maximum Gasteiger partial charge on any atom is 0.255 e. The van der Waals surface area contributed by atoms with Crippen LogP contribution in [0.1, 0.15) is 39.1 Å². The molecule has 1 saturated heterocycles. The summed E-state index contributed by atoms with van der Waals surface area (Å²) in [6, 6.07) is 11.3. The van der Waals surface area contributed by atoms with Crippen LogP contribution in [-0.4, -0.2) is 48.0 Å². The summed E-state index contributed by atoms with van der Waals surface area (Å²) in [7, 11) is 1.74. The van der Waals surface area contributed by atoms with Crippen molar-refractivity contribution in [3.8, 4) is 0 Å². The van der Waals surface area contributed by atoms with Gasteiger partial charge in [-0.2, -0.15) is 0 Å². The minimum atomic E-state index is -0.242. The minimum absolute atomic E-state index is 0.0775. The van der Waals surface area contributed by atoms with Gasteiger partial charge >= 0.3 is 0 Å². The maximum atomic E-state index is 12.6. The van der Waals surface area contributed by atoms with Crippen LogP contribution in [0.15, 0.2) is 48.8 Å². The van der Waals surface area contributed by atoms with Gasteiger partial charge in [-0.15, -0.1) is 0 Å². The second-order valence-corrected chi connectivity index (χ2v) is 6.45. The molecule has 2 aromatic rings. The van der Waals surface area contributed by atoms with Crippen LogP contribution in [0.2, 0.25) is 0 Å². The van der Waals surface area contributed by atoms with E-state index >= 15 is 0 Å². The van der Waals surface area contributed by atoms with E-state index in [0.717, 1.165) is 25.0 Å². The lowest BCUT2D eigenvalue weighted by Crippen LogP contribution is -2.32. The zero-order valence-electron chi connectivity index (χ0n) is 14.9. The van der Waals surface area contributed by atoms with Crippen molar-refractivity contribution in [2.75, 3.05) is 20.2 Å². The Balaban J connectivity index is 1.61. The molecule has 0 saturated carbocycles. The van der Waals surface area contributed by atoms with Crippen molar-refractivity contribution in [3.05, 3.63) is 65.5 Å². The second-order valence-electron chi connectivity index (χ2n) is 6.45. The molecule has 0 bridgehead atoms. The standard InChI is InChI=1S/C20H23N3O3/c1-23(14-15-6-3-2-4-7-15)20(25)17-10-16(11-21-12-17)19(24)22-13-18-8-5-9-26-18/h2-4,6-7,10-12,18H,5,8-9,13-14H2,1H3,(H,22,24). The summed E-state index contributed by atoms with van der Waals surface area (Å²) in [5, 5.41) is 2.85. The second kappa shape index (κ2) is 8.58. The molecule has 26 heavy (non-hydrogen) atoms. The van der Waals surface area contributed by atoms with Crippen molar-refractivity contribution in [2.45, 2.75) is 25.5 Å². The Morgan fingerprint density at radius 3 is 2.73 bits per heavy atom. The van der Waals surface area contributed by atoms with E-state index in [1.807, 2.05) is 30.3 Å². The maximum absolute atomic E-state index is 12.6. The molecule has 1 aromatic carbocycles. The molecule has 3 rings (SSSR count). The number of benzene rings is 1. The van der Waals surface area contributed by atoms with Gasteiger partial charge in [0.1, 0.15) is 0 Å². The Bertz CT molecular complexity index is 758. The monoisotopic (exact) mass is 353 g/mol. The SMILES string of the molecule is CN(Cc1ccccc1)C(=O)c1cncc(C(=O)NCC2CCCO2)c1. The van der Waals surface area contributed by atoms with Crippen LogP contribution < -0.4 is 5.32 Å². The third kappa shape index (κ3) is 4.67. The Morgan fingerprint density at radius 2 is 2.00 bits per heavy atom. The number of ether oxygens (including phenoxy) is 1. The van der Waals surface area contributed by atoms with Gasteiger partial charge in [-0.3, -0.25) is 14.6 Å². The molecule has 1 atom stereocenters. The molecule has 1 unspecified atom stereocenters. The fourth-order valence-corrected chi connectivity index (χ4v) is 2.94. The van der Waals surface area contributed by atoms with E-state index in [9.17, 15) is 9.59 Å². The number of amides is 2. The molecule has 1 aliphatic heterocycles. The Morgan fingerprint density at radius 1 is 1.23 bits per heavy atom. The van der Waals surface area contributed by atoms with Gasteiger partial charge in [-0.25, -0.2) is 0 Å². The lowest BCUT2D eigenvalue weighted by Gasteiger charge is -2.17. The van der Waals surface area contributed by atoms with Gasteiger partial charge < -0.3 is 15.0 Å². The average Bonchev–Trinajstić information content (AvgIpc) is 3.20. The van der Waals surface area contributed by atoms with E-state index < -0.39 is 0 Å². The average molecular weight is 353 g/mol. The predicted molar refractivity (Wildman–Crippen MR) is 97.8 cm³/mol. The van der Waals surface area contributed by atoms with E-state index in [2.05, 4.69) is 10.3 Å². The normalized spacial score (nSPS) is 16.3. The highest BCUT2D eigenvalue weighted by atomic mass is 16.5. The van der Waals surface area contributed by atoms with Crippen molar-refractivity contribution in [1.29, 1.82) is 0 Å². The van der Waals surface area contributed by atoms with Gasteiger partial charge in [-0.05, 0) is 24.5 Å². The quantitative estimate of drug-likeness (QED) is 0.865. The minimum Gasteiger partial charge on any atom is -0.376 e. The number of hydrogen-bond donors (Lipinski definition) is 1. The summed E-state index contributed by atoms with van der Waals surface area (Å²) < 4.78 is 5.50. The first-order valence-electron chi connectivity index (χ1n) is 8.78. The van der Waals surface area contributed by atoms with Crippen molar-refractivity contribution in [2.24, 2.45) is 0 Å². The Labute approximate surface area is 153 Å². The largest absolute Gasteiger partial charge is 0.376 e. The van der Waals surface area contributed by atoms with E-state index in [1.165, 1.54) is 12.4 Å². The third-order valence-electron chi connectivity index (χ3n) is 4.37. The fourth-order valence-electron chi connectivity index (χ4n) is 2.94. The first-order valence-corrected chi connectivity index (χ1v) is 8.78. The molecule has 6 heteroatoms. The van der Waals surface area contributed by atoms with Gasteiger partial charge in [0.25, 0.3) is 11.8 Å². The number of rotatable bonds is 6. The lowest BCUT2D eigenvalue weighted by molar-refractivity contribution is 0.0784. The molecule has 6 nitrogen and oxygen atoms in total. The van der Waals surface area contributed by atoms with Crippen LogP contribution in [0.5, 0.6) is 0 Å². The number of pyridine rings is 1. The molecule has 2 heterocycles. The lowest BCUT2D eigenvalue weighted by atomic mass is 10.1. The predicted octanol–water partition coefficient (Wildman–Crippen LogP) is 2.26. The van der Waals surface area contributed by atoms with E-state index in [0.29, 0.717) is 24.2 Å². The first kappa shape index (κ1) is 18.1. The molecule has 1 aromatic heterocycles. The molecule has 1 aliphatic rings. The van der Waals surface area contributed by atoms with Crippen molar-refractivity contribution < 1.29 is 14.3 Å². The van der Waals surface area contributed by atoms with Crippen LogP contribution >= 0.6 is 0 Å². The molecule has 1 fully saturated rings. The summed E-state index contributed by atoms with van der Waals surface area (Å²) in [6.45, 7) is 1.72. The third-order valence-corrected chi connectivity index (χ3v) is 4.37. The van der Waals surface area contributed by atoms with Gasteiger partial charge in [0.05, 0.1) is 17.2 Å². The highest BCUT2D eigenvalue weighted by Crippen LogP contribution is 2.12. The summed E-state index contributed by atoms with van der Waals surface area (Å²) >= 11 is 0. The molecule has 0 aliphatic carbocycles. The number of nitrogens with one attached hydrogen (secondary N) is 1. The molecular formula is C20H23N3O3. The molecule has 0 radical (unpaired) electrons. The van der Waals surface area contributed by atoms with Gasteiger partial charge in [-0.1, -0.05) is 30.3 Å². The Hall–Kier alpha value is -2.73. The number of carbonyl (C=O) groups excluding carboxylic acids is 2. The van der Waals surface area contributed by atoms with Crippen molar-refractivity contribution in [3.63, 3.8) is 0 Å². The topological polar surface area (TPSA) is 71.5 Å². The summed E-state index contributed by atoms with van der Waals surface area (Å²) in [4.78, 5) is 30.6. The Kier molecular flexibility index (Phi) is 5.96. The number of hydrogen-bond acceptors (Lipinski definition) is 4. The molecule has 1 N–H and O–H groups in total. The summed E-state index contributed by atoms with van der Waals surface area (Å²) in [6.07, 6.45) is 5.02. The van der Waals surface area contributed by atoms with Crippen LogP contribution in [0.4, 0.5) is 0 Å². The molecular weight excluding hydrogens is 330 g/mol. The zero-order valence-corrected chi connectivity index (χ0v) is 14.9. The number of aromatic nitrogens is 1. The number of carbonyl (C=O) groups is 2. The molecule has 2 amide bonds. The van der Waals surface area contributed by atoms with Crippen LogP contribution in [0.25, 0.3) is 0 Å².